The summed E-state index contributed by atoms with van der Waals surface area (Å²) in [5.41, 5.74) is 0.460. The average Bonchev–Trinajstić information content (AvgIpc) is 2.56. The van der Waals surface area contributed by atoms with Crippen molar-refractivity contribution in [2.24, 2.45) is 0 Å². The molecular formula is C17H14Cl2FNO4. The summed E-state index contributed by atoms with van der Waals surface area (Å²) < 4.78 is 22.9. The second kappa shape index (κ2) is 8.18. The van der Waals surface area contributed by atoms with E-state index in [-0.39, 0.29) is 21.4 Å². The zero-order chi connectivity index (χ0) is 18.6. The third-order valence-electron chi connectivity index (χ3n) is 3.20. The van der Waals surface area contributed by atoms with Crippen LogP contribution >= 0.6 is 23.2 Å². The highest BCUT2D eigenvalue weighted by molar-refractivity contribution is 6.37. The molecule has 0 heterocycles. The van der Waals surface area contributed by atoms with Gasteiger partial charge in [0, 0.05) is 5.69 Å². The molecule has 0 radical (unpaired) electrons. The Kier molecular flexibility index (Phi) is 6.22. The number of nitrogens with one attached hydrogen (secondary N) is 1. The van der Waals surface area contributed by atoms with Crippen molar-refractivity contribution in [1.82, 2.24) is 0 Å². The second-order valence-electron chi connectivity index (χ2n) is 5.02. The van der Waals surface area contributed by atoms with Crippen molar-refractivity contribution in [2.75, 3.05) is 12.4 Å². The van der Waals surface area contributed by atoms with Crippen LogP contribution in [0.2, 0.25) is 10.0 Å². The number of carbonyl (C=O) groups is 2. The zero-order valence-corrected chi connectivity index (χ0v) is 14.8. The molecule has 0 aliphatic heterocycles. The lowest BCUT2D eigenvalue weighted by molar-refractivity contribution is -0.123. The third-order valence-corrected chi connectivity index (χ3v) is 3.76. The molecule has 0 spiro atoms. The van der Waals surface area contributed by atoms with E-state index in [1.807, 2.05) is 0 Å². The number of benzene rings is 2. The molecule has 2 aromatic carbocycles. The highest BCUT2D eigenvalue weighted by atomic mass is 35.5. The van der Waals surface area contributed by atoms with Crippen molar-refractivity contribution < 1.29 is 23.5 Å². The number of esters is 1. The third kappa shape index (κ3) is 4.84. The fourth-order valence-corrected chi connectivity index (χ4v) is 2.57. The molecule has 25 heavy (non-hydrogen) atoms. The van der Waals surface area contributed by atoms with E-state index in [4.69, 9.17) is 32.7 Å². The number of halogens is 3. The summed E-state index contributed by atoms with van der Waals surface area (Å²) in [5.74, 6) is -1.52. The molecule has 0 unspecified atom stereocenters. The standard InChI is InChI=1S/C17H14Cl2FNO4/c1-9(16(22)21-12-5-3-11(20)4-6-12)25-17(23)10-7-13(18)15(24-2)14(19)8-10/h3-9H,1-2H3,(H,21,22)/t9-/m0/s1. The van der Waals surface area contributed by atoms with E-state index in [2.05, 4.69) is 5.32 Å². The van der Waals surface area contributed by atoms with Gasteiger partial charge in [-0.1, -0.05) is 23.2 Å². The van der Waals surface area contributed by atoms with E-state index in [0.29, 0.717) is 5.69 Å². The Hall–Kier alpha value is -2.31. The molecule has 0 aliphatic rings. The maximum absolute atomic E-state index is 12.8. The number of carbonyl (C=O) groups excluding carboxylic acids is 2. The largest absolute Gasteiger partial charge is 0.494 e. The van der Waals surface area contributed by atoms with Gasteiger partial charge in [0.2, 0.25) is 0 Å². The Morgan fingerprint density at radius 1 is 1.12 bits per heavy atom. The van der Waals surface area contributed by atoms with Crippen LogP contribution in [-0.2, 0) is 9.53 Å². The molecule has 1 atom stereocenters. The minimum atomic E-state index is -1.09. The average molecular weight is 386 g/mol. The molecule has 5 nitrogen and oxygen atoms in total. The Morgan fingerprint density at radius 3 is 2.20 bits per heavy atom. The highest BCUT2D eigenvalue weighted by Gasteiger charge is 2.21. The summed E-state index contributed by atoms with van der Waals surface area (Å²) in [6, 6.07) is 7.86. The molecular weight excluding hydrogens is 372 g/mol. The monoisotopic (exact) mass is 385 g/mol. The minimum Gasteiger partial charge on any atom is -0.494 e. The summed E-state index contributed by atoms with van der Waals surface area (Å²) in [6.45, 7) is 1.41. The van der Waals surface area contributed by atoms with Gasteiger partial charge < -0.3 is 14.8 Å². The fraction of sp³-hybridized carbons (Fsp3) is 0.176. The number of amides is 1. The molecule has 8 heteroatoms. The summed E-state index contributed by atoms with van der Waals surface area (Å²) >= 11 is 11.9. The lowest BCUT2D eigenvalue weighted by Crippen LogP contribution is -2.30. The van der Waals surface area contributed by atoms with Crippen LogP contribution in [0.1, 0.15) is 17.3 Å². The van der Waals surface area contributed by atoms with Crippen molar-refractivity contribution in [1.29, 1.82) is 0 Å². The summed E-state index contributed by atoms with van der Waals surface area (Å²) in [5, 5.41) is 2.80. The summed E-state index contributed by atoms with van der Waals surface area (Å²) in [7, 11) is 1.40. The molecule has 0 saturated carbocycles. The molecule has 2 aromatic rings. The molecule has 2 rings (SSSR count). The Balaban J connectivity index is 2.04. The lowest BCUT2D eigenvalue weighted by atomic mass is 10.2. The minimum absolute atomic E-state index is 0.0808. The van der Waals surface area contributed by atoms with Gasteiger partial charge in [-0.15, -0.1) is 0 Å². The van der Waals surface area contributed by atoms with Crippen LogP contribution in [0.25, 0.3) is 0 Å². The molecule has 0 bridgehead atoms. The Morgan fingerprint density at radius 2 is 1.68 bits per heavy atom. The molecule has 0 saturated heterocycles. The van der Waals surface area contributed by atoms with E-state index < -0.39 is 23.8 Å². The zero-order valence-electron chi connectivity index (χ0n) is 13.3. The number of hydrogen-bond acceptors (Lipinski definition) is 4. The van der Waals surface area contributed by atoms with Crippen LogP contribution in [0.3, 0.4) is 0 Å². The number of methoxy groups -OCH3 is 1. The molecule has 1 amide bonds. The topological polar surface area (TPSA) is 64.6 Å². The van der Waals surface area contributed by atoms with Gasteiger partial charge >= 0.3 is 5.97 Å². The first kappa shape index (κ1) is 19.0. The maximum atomic E-state index is 12.8. The lowest BCUT2D eigenvalue weighted by Gasteiger charge is -2.14. The van der Waals surface area contributed by atoms with E-state index in [9.17, 15) is 14.0 Å². The second-order valence-corrected chi connectivity index (χ2v) is 5.83. The first-order chi connectivity index (χ1) is 11.8. The van der Waals surface area contributed by atoms with Crippen molar-refractivity contribution in [2.45, 2.75) is 13.0 Å². The van der Waals surface area contributed by atoms with Gasteiger partial charge in [-0.2, -0.15) is 0 Å². The van der Waals surface area contributed by atoms with Crippen LogP contribution in [0, 0.1) is 5.82 Å². The summed E-state index contributed by atoms with van der Waals surface area (Å²) in [4.78, 5) is 24.2. The molecule has 0 fully saturated rings. The molecule has 132 valence electrons. The first-order valence-electron chi connectivity index (χ1n) is 7.12. The number of ether oxygens (including phenoxy) is 2. The number of anilines is 1. The molecule has 0 aliphatic carbocycles. The normalized spacial score (nSPS) is 11.6. The maximum Gasteiger partial charge on any atom is 0.339 e. The van der Waals surface area contributed by atoms with Gasteiger partial charge in [-0.25, -0.2) is 9.18 Å². The first-order valence-corrected chi connectivity index (χ1v) is 7.88. The molecule has 0 aromatic heterocycles. The van der Waals surface area contributed by atoms with Gasteiger partial charge in [0.15, 0.2) is 11.9 Å². The summed E-state index contributed by atoms with van der Waals surface area (Å²) in [6.07, 6.45) is -1.09. The Labute approximate surface area is 153 Å². The number of hydrogen-bond donors (Lipinski definition) is 1. The van der Waals surface area contributed by atoms with Crippen LogP contribution in [0.5, 0.6) is 5.75 Å². The quantitative estimate of drug-likeness (QED) is 0.778. The van der Waals surface area contributed by atoms with Gasteiger partial charge in [0.05, 0.1) is 22.7 Å². The SMILES string of the molecule is COc1c(Cl)cc(C(=O)O[C@@H](C)C(=O)Nc2ccc(F)cc2)cc1Cl. The van der Waals surface area contributed by atoms with E-state index in [1.54, 1.807) is 0 Å². The predicted octanol–water partition coefficient (Wildman–Crippen LogP) is 4.33. The van der Waals surface area contributed by atoms with Crippen molar-refractivity contribution in [3.8, 4) is 5.75 Å². The van der Waals surface area contributed by atoms with Crippen molar-refractivity contribution >= 4 is 40.8 Å². The van der Waals surface area contributed by atoms with Gasteiger partial charge in [0.1, 0.15) is 5.82 Å². The Bertz CT molecular complexity index is 773. The number of rotatable bonds is 5. The van der Waals surface area contributed by atoms with Crippen LogP contribution in [0.4, 0.5) is 10.1 Å². The smallest absolute Gasteiger partial charge is 0.339 e. The van der Waals surface area contributed by atoms with Gasteiger partial charge in [-0.3, -0.25) is 4.79 Å². The van der Waals surface area contributed by atoms with Gasteiger partial charge in [0.25, 0.3) is 5.91 Å². The van der Waals surface area contributed by atoms with Crippen LogP contribution in [-0.4, -0.2) is 25.1 Å². The van der Waals surface area contributed by atoms with Gasteiger partial charge in [-0.05, 0) is 43.3 Å². The van der Waals surface area contributed by atoms with Crippen molar-refractivity contribution in [3.05, 3.63) is 57.8 Å². The van der Waals surface area contributed by atoms with Crippen molar-refractivity contribution in [3.63, 3.8) is 0 Å². The predicted molar refractivity (Wildman–Crippen MR) is 92.9 cm³/mol. The fourth-order valence-electron chi connectivity index (χ4n) is 1.93. The van der Waals surface area contributed by atoms with Crippen LogP contribution in [0.15, 0.2) is 36.4 Å². The van der Waals surface area contributed by atoms with E-state index in [1.165, 1.54) is 50.4 Å². The highest BCUT2D eigenvalue weighted by Crippen LogP contribution is 2.34. The van der Waals surface area contributed by atoms with Crippen LogP contribution < -0.4 is 10.1 Å². The van der Waals surface area contributed by atoms with E-state index >= 15 is 0 Å². The molecule has 1 N–H and O–H groups in total. The van der Waals surface area contributed by atoms with E-state index in [0.717, 1.165) is 0 Å².